The fraction of sp³-hybridized carbons (Fsp3) is 0.462. The summed E-state index contributed by atoms with van der Waals surface area (Å²) in [5, 5.41) is 3.27. The maximum atomic E-state index is 11.8. The first-order valence-electron chi connectivity index (χ1n) is 6.02. The van der Waals surface area contributed by atoms with Crippen molar-refractivity contribution in [3.8, 4) is 0 Å². The summed E-state index contributed by atoms with van der Waals surface area (Å²) in [5.41, 5.74) is 6.26. The Morgan fingerprint density at radius 1 is 1.37 bits per heavy atom. The Hall–Kier alpha value is -0.970. The third kappa shape index (κ3) is 5.27. The molecular weight excluding hydrogens is 287 g/mol. The van der Waals surface area contributed by atoms with Gasteiger partial charge in [-0.25, -0.2) is 0 Å². The van der Waals surface area contributed by atoms with Crippen molar-refractivity contribution >= 4 is 34.8 Å². The van der Waals surface area contributed by atoms with Gasteiger partial charge in [0.05, 0.1) is 22.3 Å². The van der Waals surface area contributed by atoms with Crippen molar-refractivity contribution in [1.82, 2.24) is 5.32 Å². The van der Waals surface area contributed by atoms with E-state index >= 15 is 0 Å². The van der Waals surface area contributed by atoms with Crippen molar-refractivity contribution < 1.29 is 9.53 Å². The summed E-state index contributed by atoms with van der Waals surface area (Å²) in [5.74, 6) is 0.224. The molecule has 3 N–H and O–H groups in total. The molecule has 0 fully saturated rings. The monoisotopic (exact) mass is 304 g/mol. The van der Waals surface area contributed by atoms with E-state index < -0.39 is 0 Å². The molecule has 6 heteroatoms. The maximum Gasteiger partial charge on any atom is 0.251 e. The van der Waals surface area contributed by atoms with E-state index in [9.17, 15) is 4.79 Å². The molecule has 0 bridgehead atoms. The lowest BCUT2D eigenvalue weighted by Gasteiger charge is -2.09. The highest BCUT2D eigenvalue weighted by atomic mass is 35.5. The van der Waals surface area contributed by atoms with Crippen molar-refractivity contribution in [2.75, 3.05) is 25.5 Å². The number of halogens is 2. The molecule has 0 aliphatic carbocycles. The Morgan fingerprint density at radius 3 is 2.47 bits per heavy atom. The van der Waals surface area contributed by atoms with Crippen LogP contribution >= 0.6 is 23.2 Å². The molecule has 1 amide bonds. The van der Waals surface area contributed by atoms with Crippen LogP contribution in [0.4, 0.5) is 5.69 Å². The normalized spacial score (nSPS) is 10.8. The largest absolute Gasteiger partial charge is 0.396 e. The van der Waals surface area contributed by atoms with Crippen LogP contribution in [0, 0.1) is 5.92 Å². The minimum atomic E-state index is -0.253. The van der Waals surface area contributed by atoms with E-state index in [0.717, 1.165) is 0 Å². The molecule has 0 unspecified atom stereocenters. The summed E-state index contributed by atoms with van der Waals surface area (Å²) >= 11 is 11.7. The van der Waals surface area contributed by atoms with Gasteiger partial charge in [0.25, 0.3) is 5.91 Å². The van der Waals surface area contributed by atoms with Crippen LogP contribution in [0.2, 0.25) is 10.0 Å². The molecule has 0 aromatic heterocycles. The van der Waals surface area contributed by atoms with Crippen molar-refractivity contribution in [2.24, 2.45) is 5.92 Å². The van der Waals surface area contributed by atoms with Gasteiger partial charge in [-0.15, -0.1) is 0 Å². The van der Waals surface area contributed by atoms with Gasteiger partial charge in [0, 0.05) is 18.7 Å². The number of nitrogen functional groups attached to an aromatic ring is 1. The summed E-state index contributed by atoms with van der Waals surface area (Å²) < 4.78 is 5.36. The van der Waals surface area contributed by atoms with Crippen LogP contribution in [0.15, 0.2) is 12.1 Å². The first-order chi connectivity index (χ1) is 8.91. The number of carbonyl (C=O) groups excluding carboxylic acids is 1. The second-order valence-corrected chi connectivity index (χ2v) is 5.39. The zero-order valence-corrected chi connectivity index (χ0v) is 12.5. The van der Waals surface area contributed by atoms with E-state index in [1.165, 1.54) is 12.1 Å². The summed E-state index contributed by atoms with van der Waals surface area (Å²) in [6.45, 7) is 5.72. The summed E-state index contributed by atoms with van der Waals surface area (Å²) in [6.07, 6.45) is 0. The van der Waals surface area contributed by atoms with Crippen molar-refractivity contribution in [2.45, 2.75) is 13.8 Å². The van der Waals surface area contributed by atoms with Crippen LogP contribution in [-0.2, 0) is 4.74 Å². The van der Waals surface area contributed by atoms with E-state index in [1.807, 2.05) is 0 Å². The predicted molar refractivity (Wildman–Crippen MR) is 78.9 cm³/mol. The van der Waals surface area contributed by atoms with Gasteiger partial charge in [0.15, 0.2) is 0 Å². The Bertz CT molecular complexity index is 427. The number of benzene rings is 1. The van der Waals surface area contributed by atoms with Crippen LogP contribution in [0.3, 0.4) is 0 Å². The number of rotatable bonds is 6. The van der Waals surface area contributed by atoms with Gasteiger partial charge in [-0.2, -0.15) is 0 Å². The Balaban J connectivity index is 2.46. The van der Waals surface area contributed by atoms with E-state index in [2.05, 4.69) is 19.2 Å². The van der Waals surface area contributed by atoms with Crippen molar-refractivity contribution in [3.63, 3.8) is 0 Å². The Kier molecular flexibility index (Phi) is 6.42. The first-order valence-corrected chi connectivity index (χ1v) is 6.78. The molecule has 0 spiro atoms. The van der Waals surface area contributed by atoms with Crippen LogP contribution in [0.25, 0.3) is 0 Å². The molecule has 1 aromatic rings. The molecule has 0 saturated carbocycles. The minimum Gasteiger partial charge on any atom is -0.396 e. The quantitative estimate of drug-likeness (QED) is 0.627. The van der Waals surface area contributed by atoms with Crippen LogP contribution in [-0.4, -0.2) is 25.7 Å². The van der Waals surface area contributed by atoms with E-state index in [-0.39, 0.29) is 21.6 Å². The fourth-order valence-corrected chi connectivity index (χ4v) is 1.86. The molecule has 0 saturated heterocycles. The second-order valence-electron chi connectivity index (χ2n) is 4.58. The lowest BCUT2D eigenvalue weighted by atomic mass is 10.2. The minimum absolute atomic E-state index is 0.253. The lowest BCUT2D eigenvalue weighted by Crippen LogP contribution is -2.27. The highest BCUT2D eigenvalue weighted by Crippen LogP contribution is 2.28. The van der Waals surface area contributed by atoms with Gasteiger partial charge < -0.3 is 15.8 Å². The van der Waals surface area contributed by atoms with Gasteiger partial charge >= 0.3 is 0 Å². The average molecular weight is 305 g/mol. The van der Waals surface area contributed by atoms with E-state index in [0.29, 0.717) is 31.2 Å². The molecular formula is C13H18Cl2N2O2. The highest BCUT2D eigenvalue weighted by molar-refractivity contribution is 6.39. The number of nitrogens with one attached hydrogen (secondary N) is 1. The van der Waals surface area contributed by atoms with Gasteiger partial charge in [0.1, 0.15) is 0 Å². The molecule has 4 nitrogen and oxygen atoms in total. The molecule has 1 aromatic carbocycles. The summed E-state index contributed by atoms with van der Waals surface area (Å²) in [7, 11) is 0. The number of ether oxygens (including phenoxy) is 1. The number of hydrogen-bond acceptors (Lipinski definition) is 3. The predicted octanol–water partition coefficient (Wildman–Crippen LogP) is 2.98. The van der Waals surface area contributed by atoms with Crippen molar-refractivity contribution in [3.05, 3.63) is 27.7 Å². The van der Waals surface area contributed by atoms with Crippen LogP contribution < -0.4 is 11.1 Å². The molecule has 0 aliphatic rings. The number of hydrogen-bond donors (Lipinski definition) is 2. The zero-order valence-electron chi connectivity index (χ0n) is 11.0. The van der Waals surface area contributed by atoms with E-state index in [1.54, 1.807) is 0 Å². The van der Waals surface area contributed by atoms with Gasteiger partial charge in [-0.1, -0.05) is 37.0 Å². The highest BCUT2D eigenvalue weighted by Gasteiger charge is 2.10. The third-order valence-corrected chi connectivity index (χ3v) is 2.95. The number of amides is 1. The lowest BCUT2D eigenvalue weighted by molar-refractivity contribution is 0.0886. The molecule has 0 aliphatic heterocycles. The molecule has 0 heterocycles. The van der Waals surface area contributed by atoms with E-state index in [4.69, 9.17) is 33.7 Å². The Labute approximate surface area is 123 Å². The van der Waals surface area contributed by atoms with Crippen LogP contribution in [0.5, 0.6) is 0 Å². The summed E-state index contributed by atoms with van der Waals surface area (Å²) in [4.78, 5) is 11.8. The van der Waals surface area contributed by atoms with Gasteiger partial charge in [-0.3, -0.25) is 4.79 Å². The zero-order chi connectivity index (χ0) is 14.4. The topological polar surface area (TPSA) is 64.3 Å². The molecule has 106 valence electrons. The van der Waals surface area contributed by atoms with Gasteiger partial charge in [0.2, 0.25) is 0 Å². The summed E-state index contributed by atoms with van der Waals surface area (Å²) in [6, 6.07) is 2.99. The molecule has 0 radical (unpaired) electrons. The van der Waals surface area contributed by atoms with Gasteiger partial charge in [-0.05, 0) is 18.1 Å². The molecule has 0 atom stereocenters. The smallest absolute Gasteiger partial charge is 0.251 e. The van der Waals surface area contributed by atoms with Crippen molar-refractivity contribution in [1.29, 1.82) is 0 Å². The maximum absolute atomic E-state index is 11.8. The first kappa shape index (κ1) is 16.1. The molecule has 1 rings (SSSR count). The Morgan fingerprint density at radius 2 is 1.95 bits per heavy atom. The SMILES string of the molecule is CC(C)COCCNC(=O)c1cc(Cl)c(N)c(Cl)c1. The number of nitrogens with two attached hydrogens (primary N) is 1. The number of carbonyl (C=O) groups is 1. The number of anilines is 1. The molecule has 19 heavy (non-hydrogen) atoms. The average Bonchev–Trinajstić information content (AvgIpc) is 2.34. The standard InChI is InChI=1S/C13H18Cl2N2O2/c1-8(2)7-19-4-3-17-13(18)9-5-10(14)12(16)11(15)6-9/h5-6,8H,3-4,7,16H2,1-2H3,(H,17,18). The third-order valence-electron chi connectivity index (χ3n) is 2.32. The fourth-order valence-electron chi connectivity index (χ4n) is 1.37. The van der Waals surface area contributed by atoms with Crippen LogP contribution in [0.1, 0.15) is 24.2 Å². The second kappa shape index (κ2) is 7.58.